The zero-order valence-corrected chi connectivity index (χ0v) is 19.7. The van der Waals surface area contributed by atoms with Crippen LogP contribution in [0.25, 0.3) is 11.1 Å². The molecule has 1 atom stereocenters. The Bertz CT molecular complexity index is 1200. The van der Waals surface area contributed by atoms with Gasteiger partial charge in [0, 0.05) is 22.6 Å². The molecule has 0 unspecified atom stereocenters. The van der Waals surface area contributed by atoms with Gasteiger partial charge in [0.15, 0.2) is 5.82 Å². The summed E-state index contributed by atoms with van der Waals surface area (Å²) >= 11 is 6.55. The fourth-order valence-corrected chi connectivity index (χ4v) is 3.61. The smallest absolute Gasteiger partial charge is 0.315 e. The van der Waals surface area contributed by atoms with Crippen LogP contribution >= 0.6 is 11.6 Å². The van der Waals surface area contributed by atoms with Gasteiger partial charge in [-0.3, -0.25) is 9.59 Å². The van der Waals surface area contributed by atoms with Crippen LogP contribution in [0.4, 0.5) is 5.82 Å². The first-order chi connectivity index (χ1) is 15.6. The Morgan fingerprint density at radius 3 is 2.52 bits per heavy atom. The number of hydrogen-bond acceptors (Lipinski definition) is 6. The number of carbonyl (C=O) groups is 2. The number of carbonyl (C=O) groups excluding carboxylic acids is 2. The first-order valence-corrected chi connectivity index (χ1v) is 11.2. The molecule has 1 aromatic carbocycles. The molecule has 1 aliphatic rings. The highest BCUT2D eigenvalue weighted by atomic mass is 35.5. The lowest BCUT2D eigenvalue weighted by atomic mass is 9.96. The third-order valence-electron chi connectivity index (χ3n) is 5.40. The van der Waals surface area contributed by atoms with Crippen molar-refractivity contribution in [3.8, 4) is 11.1 Å². The lowest BCUT2D eigenvalue weighted by molar-refractivity contribution is -0.117. The summed E-state index contributed by atoms with van der Waals surface area (Å²) in [6, 6.07) is 8.89. The van der Waals surface area contributed by atoms with E-state index in [9.17, 15) is 9.59 Å². The summed E-state index contributed by atoms with van der Waals surface area (Å²) < 4.78 is 5.11. The molecule has 8 nitrogen and oxygen atoms in total. The number of anilines is 1. The maximum atomic E-state index is 12.6. The molecule has 1 aliphatic carbocycles. The highest BCUT2D eigenvalue weighted by Gasteiger charge is 2.30. The molecule has 2 amide bonds. The van der Waals surface area contributed by atoms with Gasteiger partial charge >= 0.3 is 11.8 Å². The van der Waals surface area contributed by atoms with Crippen molar-refractivity contribution in [2.45, 2.75) is 52.0 Å². The summed E-state index contributed by atoms with van der Waals surface area (Å²) in [5, 5.41) is 10.1. The van der Waals surface area contributed by atoms with E-state index in [0.717, 1.165) is 29.5 Å². The number of halogens is 1. The Labute approximate surface area is 197 Å². The maximum absolute atomic E-state index is 12.6. The van der Waals surface area contributed by atoms with Crippen molar-refractivity contribution >= 4 is 29.2 Å². The molecule has 3 aromatic rings. The predicted octanol–water partition coefficient (Wildman–Crippen LogP) is 4.92. The highest BCUT2D eigenvalue weighted by molar-refractivity contribution is 6.31. The van der Waals surface area contributed by atoms with E-state index in [1.165, 1.54) is 0 Å². The van der Waals surface area contributed by atoms with Gasteiger partial charge < -0.3 is 15.2 Å². The van der Waals surface area contributed by atoms with Gasteiger partial charge in [0.05, 0.1) is 6.04 Å². The Hall–Kier alpha value is -3.26. The van der Waals surface area contributed by atoms with Gasteiger partial charge in [0.25, 0.3) is 0 Å². The second-order valence-corrected chi connectivity index (χ2v) is 9.71. The molecule has 172 valence electrons. The van der Waals surface area contributed by atoms with Crippen LogP contribution in [-0.2, 0) is 10.2 Å². The lowest BCUT2D eigenvalue weighted by Gasteiger charge is -2.16. The van der Waals surface area contributed by atoms with E-state index < -0.39 is 5.91 Å². The average Bonchev–Trinajstić information content (AvgIpc) is 3.48. The molecule has 0 bridgehead atoms. The molecular weight excluding hydrogens is 442 g/mol. The first kappa shape index (κ1) is 22.9. The minimum atomic E-state index is -0.462. The summed E-state index contributed by atoms with van der Waals surface area (Å²) in [6.07, 6.45) is 3.52. The van der Waals surface area contributed by atoms with Crippen molar-refractivity contribution in [2.24, 2.45) is 5.92 Å². The first-order valence-electron chi connectivity index (χ1n) is 10.8. The lowest BCUT2D eigenvalue weighted by Crippen LogP contribution is -2.27. The van der Waals surface area contributed by atoms with E-state index in [4.69, 9.17) is 16.1 Å². The minimum absolute atomic E-state index is 0.00784. The quantitative estimate of drug-likeness (QED) is 0.532. The third-order valence-corrected chi connectivity index (χ3v) is 5.73. The third kappa shape index (κ3) is 5.39. The monoisotopic (exact) mass is 467 g/mol. The van der Waals surface area contributed by atoms with Gasteiger partial charge in [-0.2, -0.15) is 4.98 Å². The minimum Gasteiger partial charge on any atom is -0.341 e. The summed E-state index contributed by atoms with van der Waals surface area (Å²) in [5.41, 5.74) is 2.18. The van der Waals surface area contributed by atoms with Crippen LogP contribution in [0, 0.1) is 5.92 Å². The standard InChI is InChI=1S/C24H26ClN5O3/c1-13(27-21(32)22-29-23(30-33-22)24(2,3)4)17-8-7-15(11-18(17)25)16-9-10-26-19(12-16)28-20(31)14-5-6-14/h7-14H,5-6H2,1-4H3,(H,27,32)(H,26,28,31)/t13-/m0/s1. The SMILES string of the molecule is C[C@H](NC(=O)c1nc(C(C)(C)C)no1)c1ccc(-c2ccnc(NC(=O)C3CC3)c2)cc1Cl. The predicted molar refractivity (Wildman–Crippen MR) is 125 cm³/mol. The Balaban J connectivity index is 1.46. The van der Waals surface area contributed by atoms with E-state index in [2.05, 4.69) is 25.8 Å². The number of rotatable bonds is 6. The molecule has 33 heavy (non-hydrogen) atoms. The van der Waals surface area contributed by atoms with Crippen molar-refractivity contribution in [3.05, 3.63) is 58.8 Å². The van der Waals surface area contributed by atoms with Crippen LogP contribution in [-0.4, -0.2) is 26.9 Å². The van der Waals surface area contributed by atoms with Gasteiger partial charge in [-0.15, -0.1) is 0 Å². The van der Waals surface area contributed by atoms with E-state index >= 15 is 0 Å². The molecule has 2 heterocycles. The number of pyridine rings is 1. The van der Waals surface area contributed by atoms with Crippen LogP contribution in [0.1, 0.15) is 68.7 Å². The topological polar surface area (TPSA) is 110 Å². The second-order valence-electron chi connectivity index (χ2n) is 9.30. The van der Waals surface area contributed by atoms with Crippen LogP contribution < -0.4 is 10.6 Å². The van der Waals surface area contributed by atoms with E-state index in [-0.39, 0.29) is 29.2 Å². The zero-order chi connectivity index (χ0) is 23.8. The summed E-state index contributed by atoms with van der Waals surface area (Å²) in [6.45, 7) is 7.65. The fraction of sp³-hybridized carbons (Fsp3) is 0.375. The number of nitrogens with one attached hydrogen (secondary N) is 2. The Morgan fingerprint density at radius 2 is 1.88 bits per heavy atom. The number of benzene rings is 1. The van der Waals surface area contributed by atoms with E-state index in [1.54, 1.807) is 6.20 Å². The van der Waals surface area contributed by atoms with Crippen molar-refractivity contribution < 1.29 is 14.1 Å². The summed E-state index contributed by atoms with van der Waals surface area (Å²) in [4.78, 5) is 33.0. The normalized spacial score (nSPS) is 14.6. The second kappa shape index (κ2) is 8.94. The van der Waals surface area contributed by atoms with Crippen molar-refractivity contribution in [3.63, 3.8) is 0 Å². The summed E-state index contributed by atoms with van der Waals surface area (Å²) in [7, 11) is 0. The Kier molecular flexibility index (Phi) is 6.21. The van der Waals surface area contributed by atoms with Crippen molar-refractivity contribution in [1.82, 2.24) is 20.4 Å². The zero-order valence-electron chi connectivity index (χ0n) is 19.0. The number of amides is 2. The van der Waals surface area contributed by atoms with Crippen LogP contribution in [0.5, 0.6) is 0 Å². The maximum Gasteiger partial charge on any atom is 0.315 e. The van der Waals surface area contributed by atoms with Gasteiger partial charge in [-0.1, -0.05) is 49.7 Å². The van der Waals surface area contributed by atoms with Gasteiger partial charge in [0.1, 0.15) is 5.82 Å². The average molecular weight is 468 g/mol. The molecule has 4 rings (SSSR count). The number of nitrogens with zero attached hydrogens (tertiary/aromatic N) is 3. The molecule has 0 spiro atoms. The van der Waals surface area contributed by atoms with Gasteiger partial charge in [0.2, 0.25) is 5.91 Å². The summed E-state index contributed by atoms with van der Waals surface area (Å²) in [5.74, 6) is 0.543. The number of hydrogen-bond donors (Lipinski definition) is 2. The van der Waals surface area contributed by atoms with Gasteiger partial charge in [-0.25, -0.2) is 4.98 Å². The Morgan fingerprint density at radius 1 is 1.15 bits per heavy atom. The molecule has 9 heteroatoms. The van der Waals surface area contributed by atoms with Crippen LogP contribution in [0.2, 0.25) is 5.02 Å². The molecule has 2 aromatic heterocycles. The molecule has 1 saturated carbocycles. The molecule has 1 fully saturated rings. The molecule has 0 aliphatic heterocycles. The molecule has 0 radical (unpaired) electrons. The molecule has 0 saturated heterocycles. The van der Waals surface area contributed by atoms with Crippen molar-refractivity contribution in [2.75, 3.05) is 5.32 Å². The molecule has 2 N–H and O–H groups in total. The van der Waals surface area contributed by atoms with Crippen LogP contribution in [0.3, 0.4) is 0 Å². The molecular formula is C24H26ClN5O3. The highest BCUT2D eigenvalue weighted by Crippen LogP contribution is 2.32. The number of aromatic nitrogens is 3. The largest absolute Gasteiger partial charge is 0.341 e. The fourth-order valence-electron chi connectivity index (χ4n) is 3.27. The van der Waals surface area contributed by atoms with E-state index in [0.29, 0.717) is 16.7 Å². The van der Waals surface area contributed by atoms with E-state index in [1.807, 2.05) is 58.0 Å². The van der Waals surface area contributed by atoms with Gasteiger partial charge in [-0.05, 0) is 54.7 Å². The van der Waals surface area contributed by atoms with Crippen molar-refractivity contribution in [1.29, 1.82) is 0 Å². The van der Waals surface area contributed by atoms with Crippen LogP contribution in [0.15, 0.2) is 41.1 Å².